The monoisotopic (exact) mass is 227 g/mol. The van der Waals surface area contributed by atoms with Gasteiger partial charge in [-0.2, -0.15) is 5.26 Å². The Morgan fingerprint density at radius 3 is 2.73 bits per heavy atom. The van der Waals surface area contributed by atoms with Crippen LogP contribution in [0.2, 0.25) is 5.02 Å². The number of benzene rings is 1. The van der Waals surface area contributed by atoms with E-state index in [9.17, 15) is 9.18 Å². The van der Waals surface area contributed by atoms with Crippen molar-refractivity contribution in [3.8, 4) is 6.07 Å². The number of hydrogen-bond acceptors (Lipinski definition) is 2. The molecule has 0 bridgehead atoms. The quantitative estimate of drug-likeness (QED) is 0.845. The molecule has 0 fully saturated rings. The first-order valence-corrected chi connectivity index (χ1v) is 4.47. The number of carboxylic acids is 1. The lowest BCUT2D eigenvalue weighted by molar-refractivity contribution is -0.138. The summed E-state index contributed by atoms with van der Waals surface area (Å²) in [4.78, 5) is 10.7. The fourth-order valence-electron chi connectivity index (χ4n) is 1.11. The first-order chi connectivity index (χ1) is 6.97. The largest absolute Gasteiger partial charge is 0.481 e. The number of halogens is 2. The maximum Gasteiger partial charge on any atom is 0.310 e. The summed E-state index contributed by atoms with van der Waals surface area (Å²) >= 11 is 5.74. The smallest absolute Gasteiger partial charge is 0.310 e. The van der Waals surface area contributed by atoms with Crippen LogP contribution in [0.1, 0.15) is 24.0 Å². The molecule has 3 nitrogen and oxygen atoms in total. The van der Waals surface area contributed by atoms with Crippen LogP contribution in [0.3, 0.4) is 0 Å². The molecule has 1 atom stereocenters. The second-order valence-electron chi connectivity index (χ2n) is 3.03. The van der Waals surface area contributed by atoms with Crippen LogP contribution in [0.25, 0.3) is 0 Å². The molecule has 0 heterocycles. The minimum Gasteiger partial charge on any atom is -0.481 e. The minimum atomic E-state index is -1.10. The highest BCUT2D eigenvalue weighted by atomic mass is 35.5. The van der Waals surface area contributed by atoms with Crippen molar-refractivity contribution in [2.75, 3.05) is 0 Å². The van der Waals surface area contributed by atoms with Gasteiger partial charge in [0.1, 0.15) is 11.9 Å². The third-order valence-electron chi connectivity index (χ3n) is 2.04. The van der Waals surface area contributed by atoms with Gasteiger partial charge in [-0.1, -0.05) is 11.6 Å². The summed E-state index contributed by atoms with van der Waals surface area (Å²) in [5.74, 6) is -2.76. The van der Waals surface area contributed by atoms with Crippen LogP contribution in [0, 0.1) is 17.1 Å². The Balaban J connectivity index is 3.29. The Bertz CT molecular complexity index is 453. The van der Waals surface area contributed by atoms with Crippen molar-refractivity contribution >= 4 is 17.6 Å². The first kappa shape index (κ1) is 11.5. The zero-order valence-electron chi connectivity index (χ0n) is 7.79. The topological polar surface area (TPSA) is 61.1 Å². The lowest BCUT2D eigenvalue weighted by Crippen LogP contribution is -2.08. The molecule has 1 aromatic rings. The van der Waals surface area contributed by atoms with E-state index in [1.165, 1.54) is 6.92 Å². The van der Waals surface area contributed by atoms with Gasteiger partial charge in [-0.15, -0.1) is 0 Å². The van der Waals surface area contributed by atoms with Gasteiger partial charge in [0, 0.05) is 5.02 Å². The molecular formula is C10H7ClFNO2. The molecule has 15 heavy (non-hydrogen) atoms. The molecule has 0 amide bonds. The van der Waals surface area contributed by atoms with Gasteiger partial charge in [-0.25, -0.2) is 4.39 Å². The number of hydrogen-bond donors (Lipinski definition) is 1. The molecule has 0 spiro atoms. The Morgan fingerprint density at radius 1 is 1.67 bits per heavy atom. The third-order valence-corrected chi connectivity index (χ3v) is 2.37. The van der Waals surface area contributed by atoms with E-state index in [0.29, 0.717) is 0 Å². The highest BCUT2D eigenvalue weighted by molar-refractivity contribution is 6.31. The van der Waals surface area contributed by atoms with E-state index < -0.39 is 17.7 Å². The third kappa shape index (κ3) is 2.25. The number of carbonyl (C=O) groups is 1. The molecule has 0 aliphatic rings. The molecule has 0 aliphatic heterocycles. The lowest BCUT2D eigenvalue weighted by Gasteiger charge is -2.09. The van der Waals surface area contributed by atoms with Gasteiger partial charge in [-0.3, -0.25) is 4.79 Å². The lowest BCUT2D eigenvalue weighted by atomic mass is 10.00. The van der Waals surface area contributed by atoms with Crippen molar-refractivity contribution < 1.29 is 14.3 Å². The molecule has 78 valence electrons. The van der Waals surface area contributed by atoms with Crippen molar-refractivity contribution in [1.29, 1.82) is 5.26 Å². The van der Waals surface area contributed by atoms with Gasteiger partial charge in [0.05, 0.1) is 11.5 Å². The number of nitrogens with zero attached hydrogens (tertiary/aromatic N) is 1. The summed E-state index contributed by atoms with van der Waals surface area (Å²) in [5, 5.41) is 17.3. The van der Waals surface area contributed by atoms with E-state index in [0.717, 1.165) is 12.1 Å². The fraction of sp³-hybridized carbons (Fsp3) is 0.200. The van der Waals surface area contributed by atoms with E-state index in [1.54, 1.807) is 6.07 Å². The van der Waals surface area contributed by atoms with E-state index in [-0.39, 0.29) is 16.1 Å². The van der Waals surface area contributed by atoms with E-state index in [2.05, 4.69) is 0 Å². The summed E-state index contributed by atoms with van der Waals surface area (Å²) in [6.45, 7) is 1.40. The number of nitriles is 1. The Hall–Kier alpha value is -1.60. The number of aliphatic carboxylic acids is 1. The highest BCUT2D eigenvalue weighted by Gasteiger charge is 2.19. The molecule has 5 heteroatoms. The van der Waals surface area contributed by atoms with Crippen molar-refractivity contribution in [3.05, 3.63) is 34.1 Å². The molecule has 1 unspecified atom stereocenters. The highest BCUT2D eigenvalue weighted by Crippen LogP contribution is 2.27. The summed E-state index contributed by atoms with van der Waals surface area (Å²) in [5.41, 5.74) is -0.0259. The maximum atomic E-state index is 13.2. The zero-order valence-corrected chi connectivity index (χ0v) is 8.55. The van der Waals surface area contributed by atoms with Crippen molar-refractivity contribution in [3.63, 3.8) is 0 Å². The number of rotatable bonds is 2. The van der Waals surface area contributed by atoms with Crippen molar-refractivity contribution in [1.82, 2.24) is 0 Å². The van der Waals surface area contributed by atoms with E-state index >= 15 is 0 Å². The predicted octanol–water partition coefficient (Wildman–Crippen LogP) is 2.54. The summed E-state index contributed by atoms with van der Waals surface area (Å²) < 4.78 is 13.2. The fourth-order valence-corrected chi connectivity index (χ4v) is 1.44. The maximum absolute atomic E-state index is 13.2. The van der Waals surface area contributed by atoms with Crippen LogP contribution in [0.15, 0.2) is 12.1 Å². The molecule has 0 radical (unpaired) electrons. The molecule has 0 aliphatic carbocycles. The van der Waals surface area contributed by atoms with Crippen LogP contribution < -0.4 is 0 Å². The number of carboxylic acid groups (broad SMARTS) is 1. The van der Waals surface area contributed by atoms with Crippen molar-refractivity contribution in [2.45, 2.75) is 12.8 Å². The van der Waals surface area contributed by atoms with E-state index in [1.807, 2.05) is 0 Å². The van der Waals surface area contributed by atoms with Gasteiger partial charge < -0.3 is 5.11 Å². The van der Waals surface area contributed by atoms with Crippen LogP contribution >= 0.6 is 11.6 Å². The predicted molar refractivity (Wildman–Crippen MR) is 52.2 cm³/mol. The Morgan fingerprint density at radius 2 is 2.27 bits per heavy atom. The van der Waals surface area contributed by atoms with E-state index in [4.69, 9.17) is 22.0 Å². The average Bonchev–Trinajstić information content (AvgIpc) is 2.19. The molecular weight excluding hydrogens is 221 g/mol. The normalized spacial score (nSPS) is 11.9. The molecule has 1 N–H and O–H groups in total. The first-order valence-electron chi connectivity index (χ1n) is 4.09. The SMILES string of the molecule is CC(C(=O)O)c1cc(F)c(C#N)cc1Cl. The van der Waals surface area contributed by atoms with Crippen LogP contribution in [-0.2, 0) is 4.79 Å². The minimum absolute atomic E-state index is 0.0860. The van der Waals surface area contributed by atoms with Crippen LogP contribution in [0.4, 0.5) is 4.39 Å². The van der Waals surface area contributed by atoms with Gasteiger partial charge in [0.25, 0.3) is 0 Å². The molecule has 0 saturated carbocycles. The van der Waals surface area contributed by atoms with Gasteiger partial charge in [-0.05, 0) is 24.6 Å². The summed E-state index contributed by atoms with van der Waals surface area (Å²) in [7, 11) is 0. The molecule has 1 aromatic carbocycles. The Kier molecular flexibility index (Phi) is 3.28. The summed E-state index contributed by atoms with van der Waals surface area (Å²) in [6, 6.07) is 3.74. The van der Waals surface area contributed by atoms with Crippen LogP contribution in [-0.4, -0.2) is 11.1 Å². The Labute approximate surface area is 90.7 Å². The van der Waals surface area contributed by atoms with Crippen LogP contribution in [0.5, 0.6) is 0 Å². The van der Waals surface area contributed by atoms with Gasteiger partial charge >= 0.3 is 5.97 Å². The molecule has 0 aromatic heterocycles. The summed E-state index contributed by atoms with van der Waals surface area (Å²) in [6.07, 6.45) is 0. The second-order valence-corrected chi connectivity index (χ2v) is 3.43. The second kappa shape index (κ2) is 4.28. The molecule has 0 saturated heterocycles. The van der Waals surface area contributed by atoms with Crippen molar-refractivity contribution in [2.24, 2.45) is 0 Å². The zero-order chi connectivity index (χ0) is 11.6. The average molecular weight is 228 g/mol. The molecule has 1 rings (SSSR count). The van der Waals surface area contributed by atoms with Gasteiger partial charge in [0.15, 0.2) is 0 Å². The standard InChI is InChI=1S/C10H7ClFNO2/c1-5(10(14)15)7-3-9(12)6(4-13)2-8(7)11/h2-3,5H,1H3,(H,14,15). The van der Waals surface area contributed by atoms with Gasteiger partial charge in [0.2, 0.25) is 0 Å².